The number of carbonyl (C=O) groups is 1. The second kappa shape index (κ2) is 14.1. The Morgan fingerprint density at radius 2 is 1.02 bits per heavy atom. The zero-order valence-corrected chi connectivity index (χ0v) is 34.5. The molecule has 6 aromatic rings. The Hall–Kier alpha value is -5.77. The molecule has 4 heterocycles. The highest BCUT2D eigenvalue weighted by Crippen LogP contribution is 2.55. The number of ketones is 1. The van der Waals surface area contributed by atoms with Crippen molar-refractivity contribution in [2.45, 2.75) is 86.2 Å². The normalized spacial score (nSPS) is 25.0. The van der Waals surface area contributed by atoms with Crippen molar-refractivity contribution in [2.75, 3.05) is 36.0 Å². The first kappa shape index (κ1) is 37.9. The number of nitrogens with zero attached hydrogens (tertiary/aromatic N) is 4. The minimum Gasteiger partial charge on any atom is -0.388 e. The van der Waals surface area contributed by atoms with Crippen molar-refractivity contribution in [3.63, 3.8) is 0 Å². The average molecular weight is 827 g/mol. The van der Waals surface area contributed by atoms with Gasteiger partial charge in [0.2, 0.25) is 5.78 Å². The van der Waals surface area contributed by atoms with Crippen LogP contribution < -0.4 is 9.80 Å². The zero-order valence-electron chi connectivity index (χ0n) is 34.5. The molecule has 4 fully saturated rings. The van der Waals surface area contributed by atoms with Crippen LogP contribution in [-0.4, -0.2) is 52.1 Å². The molecule has 4 aliphatic carbocycles. The summed E-state index contributed by atoms with van der Waals surface area (Å²) < 4.78 is 30.4. The number of aliphatic hydroxyl groups is 2. The summed E-state index contributed by atoms with van der Waals surface area (Å²) >= 11 is 0. The smallest absolute Gasteiger partial charge is 0.233 e. The van der Waals surface area contributed by atoms with Crippen molar-refractivity contribution in [2.24, 2.45) is 0 Å². The van der Waals surface area contributed by atoms with Gasteiger partial charge in [0, 0.05) is 49.1 Å². The maximum Gasteiger partial charge on any atom is 0.233 e. The maximum atomic E-state index is 15.2. The topological polar surface area (TPSA) is 89.8 Å². The molecule has 2 N–H and O–H groups in total. The van der Waals surface area contributed by atoms with E-state index in [-0.39, 0.29) is 22.2 Å². The molecule has 4 atom stereocenters. The third-order valence-corrected chi connectivity index (χ3v) is 15.2. The number of benzene rings is 4. The molecule has 12 rings (SSSR count). The molecule has 4 aromatic carbocycles. The van der Waals surface area contributed by atoms with Gasteiger partial charge in [0.15, 0.2) is 0 Å². The monoisotopic (exact) mass is 826 g/mol. The van der Waals surface area contributed by atoms with Crippen molar-refractivity contribution in [1.29, 1.82) is 0 Å². The van der Waals surface area contributed by atoms with Crippen LogP contribution in [0.15, 0.2) is 109 Å². The Morgan fingerprint density at radius 1 is 0.581 bits per heavy atom. The lowest BCUT2D eigenvalue weighted by Gasteiger charge is -2.28. The molecule has 62 heavy (non-hydrogen) atoms. The lowest BCUT2D eigenvalue weighted by atomic mass is 9.80. The molecule has 0 radical (unpaired) electrons. The van der Waals surface area contributed by atoms with Gasteiger partial charge in [0.05, 0.1) is 36.0 Å². The third kappa shape index (κ3) is 6.14. The van der Waals surface area contributed by atoms with Gasteiger partial charge in [-0.05, 0) is 131 Å². The number of pyridine rings is 2. The number of anilines is 2. The zero-order chi connectivity index (χ0) is 41.9. The lowest BCUT2D eigenvalue weighted by Crippen LogP contribution is -2.31. The van der Waals surface area contributed by atoms with Gasteiger partial charge in [-0.25, -0.2) is 18.7 Å². The van der Waals surface area contributed by atoms with Crippen LogP contribution in [-0.2, 0) is 10.8 Å². The highest BCUT2D eigenvalue weighted by atomic mass is 19.1. The minimum absolute atomic E-state index is 0.0594. The Labute approximate surface area is 360 Å². The summed E-state index contributed by atoms with van der Waals surface area (Å²) in [6.07, 6.45) is 8.16. The van der Waals surface area contributed by atoms with E-state index in [1.54, 1.807) is 0 Å². The van der Waals surface area contributed by atoms with E-state index in [2.05, 4.69) is 94.9 Å². The Morgan fingerprint density at radius 3 is 1.45 bits per heavy atom. The minimum atomic E-state index is -0.640. The summed E-state index contributed by atoms with van der Waals surface area (Å²) in [5.74, 6) is -0.438. The van der Waals surface area contributed by atoms with Gasteiger partial charge >= 0.3 is 0 Å². The summed E-state index contributed by atoms with van der Waals surface area (Å²) in [5, 5.41) is 23.1. The summed E-state index contributed by atoms with van der Waals surface area (Å²) in [5.41, 5.74) is 11.5. The van der Waals surface area contributed by atoms with Crippen LogP contribution in [0.2, 0.25) is 0 Å². The van der Waals surface area contributed by atoms with E-state index in [1.165, 1.54) is 60.1 Å². The van der Waals surface area contributed by atoms with Crippen molar-refractivity contribution >= 4 is 17.2 Å². The molecule has 2 aliphatic heterocycles. The van der Waals surface area contributed by atoms with Crippen LogP contribution >= 0.6 is 0 Å². The van der Waals surface area contributed by atoms with Gasteiger partial charge in [-0.2, -0.15) is 0 Å². The first-order chi connectivity index (χ1) is 30.2. The van der Waals surface area contributed by atoms with Crippen molar-refractivity contribution in [3.8, 4) is 22.3 Å². The van der Waals surface area contributed by atoms with Crippen LogP contribution in [0.25, 0.3) is 22.3 Å². The first-order valence-corrected chi connectivity index (χ1v) is 22.4. The van der Waals surface area contributed by atoms with Gasteiger partial charge in [-0.1, -0.05) is 72.8 Å². The molecule has 2 unspecified atom stereocenters. The van der Waals surface area contributed by atoms with E-state index in [9.17, 15) is 15.0 Å². The number of carbonyl (C=O) groups excluding carboxylic acids is 1. The highest BCUT2D eigenvalue weighted by Gasteiger charge is 2.50. The third-order valence-electron chi connectivity index (χ3n) is 15.2. The standard InChI is InChI=1S/C53H48F2N4O3/c54-35-23-45(58-19-17-52(29-58)25-47(60)41-21-33(13-15-43(41)52)39-7-3-1-5-37(39)31-9-10-31)49(56-27-35)51(62)50-46(24-36(55)28-57-50)59-20-18-53(30-59)26-48(61)42-22-34(14-16-44(42)53)40-8-4-2-6-38(40)32-11-12-32/h1-8,13-16,21-24,27-28,31-32,47-48,60-61H,9-12,17-20,25-26,29-30H2/t47-,48-,52?,53?/m1/s1. The molecular formula is C53H48F2N4O3. The number of hydrogen-bond donors (Lipinski definition) is 2. The van der Waals surface area contributed by atoms with Gasteiger partial charge < -0.3 is 20.0 Å². The van der Waals surface area contributed by atoms with Crippen molar-refractivity contribution < 1.29 is 23.8 Å². The largest absolute Gasteiger partial charge is 0.388 e. The number of aromatic nitrogens is 2. The fourth-order valence-corrected chi connectivity index (χ4v) is 11.9. The van der Waals surface area contributed by atoms with Gasteiger partial charge in [0.25, 0.3) is 0 Å². The van der Waals surface area contributed by atoms with E-state index in [0.717, 1.165) is 58.6 Å². The van der Waals surface area contributed by atoms with Crippen molar-refractivity contribution in [1.82, 2.24) is 9.97 Å². The molecule has 7 nitrogen and oxygen atoms in total. The van der Waals surface area contributed by atoms with Crippen molar-refractivity contribution in [3.05, 3.63) is 166 Å². The van der Waals surface area contributed by atoms with E-state index < -0.39 is 29.6 Å². The Bertz CT molecular complexity index is 2630. The maximum absolute atomic E-state index is 15.2. The number of hydrogen-bond acceptors (Lipinski definition) is 7. The summed E-state index contributed by atoms with van der Waals surface area (Å²) in [7, 11) is 0. The quantitative estimate of drug-likeness (QED) is 0.148. The number of fused-ring (bicyclic) bond motifs is 4. The molecule has 2 saturated heterocycles. The van der Waals surface area contributed by atoms with E-state index in [0.29, 0.717) is 62.2 Å². The summed E-state index contributed by atoms with van der Waals surface area (Å²) in [6.45, 7) is 2.04. The van der Waals surface area contributed by atoms with Crippen LogP contribution in [0.4, 0.5) is 20.2 Å². The molecule has 0 amide bonds. The second-order valence-electron chi connectivity index (χ2n) is 19.0. The first-order valence-electron chi connectivity index (χ1n) is 22.4. The Kier molecular flexibility index (Phi) is 8.65. The molecule has 0 bridgehead atoms. The summed E-state index contributed by atoms with van der Waals surface area (Å²) in [4.78, 5) is 27.6. The van der Waals surface area contributed by atoms with E-state index in [1.807, 2.05) is 9.80 Å². The van der Waals surface area contributed by atoms with Crippen LogP contribution in [0.5, 0.6) is 0 Å². The van der Waals surface area contributed by atoms with Crippen LogP contribution in [0.3, 0.4) is 0 Å². The number of rotatable bonds is 8. The van der Waals surface area contributed by atoms with E-state index in [4.69, 9.17) is 0 Å². The van der Waals surface area contributed by atoms with Gasteiger partial charge in [-0.15, -0.1) is 0 Å². The van der Waals surface area contributed by atoms with E-state index >= 15 is 8.78 Å². The molecular weight excluding hydrogens is 779 g/mol. The predicted octanol–water partition coefficient (Wildman–Crippen LogP) is 10.2. The van der Waals surface area contributed by atoms with Gasteiger partial charge in [0.1, 0.15) is 23.0 Å². The average Bonchev–Trinajstić information content (AvgIpc) is 4.21. The Balaban J connectivity index is 0.830. The highest BCUT2D eigenvalue weighted by molar-refractivity contribution is 6.13. The lowest BCUT2D eigenvalue weighted by molar-refractivity contribution is 0.103. The summed E-state index contributed by atoms with van der Waals surface area (Å²) in [6, 6.07) is 32.8. The van der Waals surface area contributed by atoms with Gasteiger partial charge in [-0.3, -0.25) is 4.79 Å². The molecule has 2 saturated carbocycles. The SMILES string of the molecule is O=C(c1ncc(F)cc1N1CCC2(C[C@@H](O)c3cc(-c4ccccc4C4CC4)ccc32)C1)c1ncc(F)cc1N1CCC2(C[C@@H](O)c3cc(-c4ccccc4C4CC4)ccc32)C1. The number of aliphatic hydroxyl groups excluding tert-OH is 2. The second-order valence-corrected chi connectivity index (χ2v) is 19.0. The fourth-order valence-electron chi connectivity index (χ4n) is 11.9. The molecule has 2 aromatic heterocycles. The molecule has 2 spiro atoms. The number of halogens is 2. The molecule has 9 heteroatoms. The van der Waals surface area contributed by atoms with Crippen LogP contribution in [0, 0.1) is 11.6 Å². The molecule has 6 aliphatic rings. The molecule has 312 valence electrons. The predicted molar refractivity (Wildman–Crippen MR) is 236 cm³/mol. The fraction of sp³-hybridized carbons (Fsp3) is 0.340. The van der Waals surface area contributed by atoms with Crippen LogP contribution in [0.1, 0.15) is 125 Å².